The van der Waals surface area contributed by atoms with E-state index in [-0.39, 0.29) is 12.0 Å². The van der Waals surface area contributed by atoms with Crippen LogP contribution in [-0.4, -0.2) is 55.5 Å². The minimum Gasteiger partial charge on any atom is -0.333 e. The predicted octanol–water partition coefficient (Wildman–Crippen LogP) is 1.50. The number of carbonyl (C=O) groups is 1. The van der Waals surface area contributed by atoms with Crippen LogP contribution in [0.3, 0.4) is 0 Å². The third kappa shape index (κ3) is 3.27. The molecule has 0 aliphatic carbocycles. The summed E-state index contributed by atoms with van der Waals surface area (Å²) < 4.78 is 0. The summed E-state index contributed by atoms with van der Waals surface area (Å²) in [5.41, 5.74) is 1.25. The van der Waals surface area contributed by atoms with Crippen LogP contribution in [0.5, 0.6) is 0 Å². The monoisotopic (exact) mass is 287 g/mol. The molecule has 114 valence electrons. The summed E-state index contributed by atoms with van der Waals surface area (Å²) in [4.78, 5) is 17.3. The van der Waals surface area contributed by atoms with Gasteiger partial charge >= 0.3 is 0 Å². The van der Waals surface area contributed by atoms with Crippen molar-refractivity contribution in [3.8, 4) is 0 Å². The number of hydrogen-bond donors (Lipinski definition) is 1. The molecular weight excluding hydrogens is 262 g/mol. The molecule has 0 spiro atoms. The number of hydrogen-bond acceptors (Lipinski definition) is 3. The highest BCUT2D eigenvalue weighted by Crippen LogP contribution is 2.27. The molecule has 2 atom stereocenters. The van der Waals surface area contributed by atoms with E-state index in [0.717, 1.165) is 45.6 Å². The Morgan fingerprint density at radius 3 is 2.76 bits per heavy atom. The Labute approximate surface area is 127 Å². The molecule has 1 N–H and O–H groups in total. The van der Waals surface area contributed by atoms with Crippen molar-refractivity contribution in [2.45, 2.75) is 18.9 Å². The SMILES string of the molecule is CN1CCN(C(=O)C2CCCNC2)C(c2ccccc2)C1. The maximum atomic E-state index is 12.9. The van der Waals surface area contributed by atoms with Crippen molar-refractivity contribution < 1.29 is 4.79 Å². The van der Waals surface area contributed by atoms with Gasteiger partial charge in [0.25, 0.3) is 0 Å². The number of carbonyl (C=O) groups excluding carboxylic acids is 1. The number of nitrogens with zero attached hydrogens (tertiary/aromatic N) is 2. The lowest BCUT2D eigenvalue weighted by atomic mass is 9.95. The predicted molar refractivity (Wildman–Crippen MR) is 84.0 cm³/mol. The number of likely N-dealkylation sites (N-methyl/N-ethyl adjacent to an activating group) is 1. The van der Waals surface area contributed by atoms with E-state index in [9.17, 15) is 4.79 Å². The molecule has 2 unspecified atom stereocenters. The van der Waals surface area contributed by atoms with Crippen molar-refractivity contribution in [2.24, 2.45) is 5.92 Å². The van der Waals surface area contributed by atoms with Gasteiger partial charge in [0.1, 0.15) is 0 Å². The maximum Gasteiger partial charge on any atom is 0.227 e. The zero-order valence-electron chi connectivity index (χ0n) is 12.8. The summed E-state index contributed by atoms with van der Waals surface area (Å²) >= 11 is 0. The molecule has 2 aliphatic rings. The van der Waals surface area contributed by atoms with E-state index in [0.29, 0.717) is 5.91 Å². The molecular formula is C17H25N3O. The van der Waals surface area contributed by atoms with Crippen molar-refractivity contribution in [3.05, 3.63) is 35.9 Å². The van der Waals surface area contributed by atoms with Crippen molar-refractivity contribution in [2.75, 3.05) is 39.8 Å². The van der Waals surface area contributed by atoms with Crippen molar-refractivity contribution in [1.82, 2.24) is 15.1 Å². The Morgan fingerprint density at radius 2 is 2.05 bits per heavy atom. The molecule has 2 aliphatic heterocycles. The van der Waals surface area contributed by atoms with Crippen LogP contribution in [0.15, 0.2) is 30.3 Å². The molecule has 2 saturated heterocycles. The maximum absolute atomic E-state index is 12.9. The van der Waals surface area contributed by atoms with Gasteiger partial charge in [-0.2, -0.15) is 0 Å². The number of amides is 1. The second-order valence-corrected chi connectivity index (χ2v) is 6.26. The van der Waals surface area contributed by atoms with E-state index >= 15 is 0 Å². The van der Waals surface area contributed by atoms with Crippen molar-refractivity contribution >= 4 is 5.91 Å². The Balaban J connectivity index is 1.79. The van der Waals surface area contributed by atoms with E-state index < -0.39 is 0 Å². The first kappa shape index (κ1) is 14.5. The largest absolute Gasteiger partial charge is 0.333 e. The highest BCUT2D eigenvalue weighted by molar-refractivity contribution is 5.80. The number of piperazine rings is 1. The molecule has 0 saturated carbocycles. The van der Waals surface area contributed by atoms with Gasteiger partial charge in [0.15, 0.2) is 0 Å². The topological polar surface area (TPSA) is 35.6 Å². The van der Waals surface area contributed by atoms with Gasteiger partial charge in [-0.05, 0) is 32.0 Å². The molecule has 4 nitrogen and oxygen atoms in total. The normalized spacial score (nSPS) is 27.6. The number of nitrogens with one attached hydrogen (secondary N) is 1. The summed E-state index contributed by atoms with van der Waals surface area (Å²) in [5.74, 6) is 0.498. The lowest BCUT2D eigenvalue weighted by molar-refractivity contribution is -0.141. The van der Waals surface area contributed by atoms with Crippen LogP contribution >= 0.6 is 0 Å². The smallest absolute Gasteiger partial charge is 0.227 e. The van der Waals surface area contributed by atoms with E-state index in [1.165, 1.54) is 5.56 Å². The molecule has 0 aromatic heterocycles. The van der Waals surface area contributed by atoms with E-state index in [4.69, 9.17) is 0 Å². The van der Waals surface area contributed by atoms with Gasteiger partial charge in [-0.25, -0.2) is 0 Å². The average molecular weight is 287 g/mol. The summed E-state index contributed by atoms with van der Waals surface area (Å²) in [6, 6.07) is 10.6. The standard InChI is InChI=1S/C17H25N3O/c1-19-10-11-20(17(21)15-8-5-9-18-12-15)16(13-19)14-6-3-2-4-7-14/h2-4,6-7,15-16,18H,5,8-13H2,1H3. The summed E-state index contributed by atoms with van der Waals surface area (Å²) in [6.07, 6.45) is 2.14. The molecule has 0 radical (unpaired) electrons. The van der Waals surface area contributed by atoms with Gasteiger partial charge in [0, 0.05) is 26.2 Å². The van der Waals surface area contributed by atoms with Gasteiger partial charge in [0.05, 0.1) is 12.0 Å². The fourth-order valence-corrected chi connectivity index (χ4v) is 3.44. The van der Waals surface area contributed by atoms with Gasteiger partial charge in [-0.15, -0.1) is 0 Å². The van der Waals surface area contributed by atoms with Crippen LogP contribution in [0.1, 0.15) is 24.4 Å². The first-order valence-electron chi connectivity index (χ1n) is 8.00. The van der Waals surface area contributed by atoms with Gasteiger partial charge in [-0.3, -0.25) is 4.79 Å². The molecule has 1 amide bonds. The van der Waals surface area contributed by atoms with Gasteiger partial charge in [-0.1, -0.05) is 30.3 Å². The molecule has 21 heavy (non-hydrogen) atoms. The van der Waals surface area contributed by atoms with Crippen LogP contribution < -0.4 is 5.32 Å². The summed E-state index contributed by atoms with van der Waals surface area (Å²) in [7, 11) is 2.14. The second kappa shape index (κ2) is 6.58. The average Bonchev–Trinajstić information content (AvgIpc) is 2.56. The molecule has 1 aromatic carbocycles. The highest BCUT2D eigenvalue weighted by Gasteiger charge is 2.34. The molecule has 0 bridgehead atoms. The summed E-state index contributed by atoms with van der Waals surface area (Å²) in [6.45, 7) is 4.62. The fraction of sp³-hybridized carbons (Fsp3) is 0.588. The Hall–Kier alpha value is -1.39. The lowest BCUT2D eigenvalue weighted by Crippen LogP contribution is -2.52. The highest BCUT2D eigenvalue weighted by atomic mass is 16.2. The van der Waals surface area contributed by atoms with Crippen molar-refractivity contribution in [3.63, 3.8) is 0 Å². The second-order valence-electron chi connectivity index (χ2n) is 6.26. The minimum absolute atomic E-state index is 0.161. The van der Waals surface area contributed by atoms with Crippen LogP contribution in [0.25, 0.3) is 0 Å². The Bertz CT molecular complexity index is 470. The van der Waals surface area contributed by atoms with Crippen LogP contribution in [0.4, 0.5) is 0 Å². The third-order valence-corrected chi connectivity index (χ3v) is 4.70. The lowest BCUT2D eigenvalue weighted by Gasteiger charge is -2.42. The number of rotatable bonds is 2. The van der Waals surface area contributed by atoms with Crippen LogP contribution in [0.2, 0.25) is 0 Å². The Morgan fingerprint density at radius 1 is 1.24 bits per heavy atom. The minimum atomic E-state index is 0.161. The van der Waals surface area contributed by atoms with Gasteiger partial charge in [0.2, 0.25) is 5.91 Å². The van der Waals surface area contributed by atoms with Crippen molar-refractivity contribution in [1.29, 1.82) is 0 Å². The van der Waals surface area contributed by atoms with Crippen LogP contribution in [-0.2, 0) is 4.79 Å². The number of piperidine rings is 1. The molecule has 2 fully saturated rings. The molecule has 4 heteroatoms. The zero-order valence-corrected chi connectivity index (χ0v) is 12.8. The molecule has 1 aromatic rings. The molecule has 2 heterocycles. The summed E-state index contributed by atoms with van der Waals surface area (Å²) in [5, 5.41) is 3.36. The number of benzene rings is 1. The Kier molecular flexibility index (Phi) is 4.56. The van der Waals surface area contributed by atoms with E-state index in [1.807, 2.05) is 6.07 Å². The molecule has 3 rings (SSSR count). The van der Waals surface area contributed by atoms with E-state index in [2.05, 4.69) is 46.4 Å². The first-order valence-corrected chi connectivity index (χ1v) is 8.00. The quantitative estimate of drug-likeness (QED) is 0.895. The fourth-order valence-electron chi connectivity index (χ4n) is 3.44. The van der Waals surface area contributed by atoms with E-state index in [1.54, 1.807) is 0 Å². The zero-order chi connectivity index (χ0) is 14.7. The third-order valence-electron chi connectivity index (χ3n) is 4.70. The first-order chi connectivity index (χ1) is 10.3. The van der Waals surface area contributed by atoms with Gasteiger partial charge < -0.3 is 15.1 Å². The van der Waals surface area contributed by atoms with Crippen LogP contribution in [0, 0.1) is 5.92 Å².